The molecule has 2 N–H and O–H groups in total. The minimum Gasteiger partial charge on any atom is -0.382 e. The van der Waals surface area contributed by atoms with Crippen LogP contribution in [0.1, 0.15) is 17.2 Å². The number of nitrogens with two attached hydrogens (primary N) is 1. The molecule has 5 rings (SSSR count). The van der Waals surface area contributed by atoms with Gasteiger partial charge in [-0.05, 0) is 28.1 Å². The number of nitrogens with zero attached hydrogens (tertiary/aromatic N) is 8. The van der Waals surface area contributed by atoms with Gasteiger partial charge in [0, 0.05) is 34.4 Å². The van der Waals surface area contributed by atoms with Crippen LogP contribution in [-0.2, 0) is 12.6 Å². The number of halogens is 5. The molecule has 0 amide bonds. The first-order chi connectivity index (χ1) is 16.2. The van der Waals surface area contributed by atoms with Gasteiger partial charge >= 0.3 is 6.18 Å². The summed E-state index contributed by atoms with van der Waals surface area (Å²) >= 11 is 3.51. The van der Waals surface area contributed by atoms with Crippen LogP contribution in [0.4, 0.5) is 23.4 Å². The lowest BCUT2D eigenvalue weighted by molar-refractivity contribution is -0.144. The van der Waals surface area contributed by atoms with Crippen molar-refractivity contribution in [2.75, 3.05) is 5.73 Å². The van der Waals surface area contributed by atoms with E-state index in [1.807, 2.05) is 0 Å². The van der Waals surface area contributed by atoms with Gasteiger partial charge in [-0.2, -0.15) is 18.3 Å². The van der Waals surface area contributed by atoms with Crippen molar-refractivity contribution in [3.05, 3.63) is 76.7 Å². The number of alkyl halides is 3. The van der Waals surface area contributed by atoms with Crippen molar-refractivity contribution in [1.29, 1.82) is 0 Å². The van der Waals surface area contributed by atoms with E-state index in [0.717, 1.165) is 12.4 Å². The van der Waals surface area contributed by atoms with E-state index in [9.17, 15) is 17.6 Å². The van der Waals surface area contributed by atoms with Crippen LogP contribution in [0, 0.1) is 5.82 Å². The first-order valence-corrected chi connectivity index (χ1v) is 10.4. The van der Waals surface area contributed by atoms with Gasteiger partial charge in [-0.15, -0.1) is 5.10 Å². The Morgan fingerprint density at radius 3 is 2.50 bits per heavy atom. The summed E-state index contributed by atoms with van der Waals surface area (Å²) in [7, 11) is 0. The number of hydrogen-bond donors (Lipinski definition) is 1. The summed E-state index contributed by atoms with van der Waals surface area (Å²) in [6, 6.07) is 6.12. The van der Waals surface area contributed by atoms with Crippen LogP contribution in [0.25, 0.3) is 22.3 Å². The number of benzene rings is 1. The Hall–Kier alpha value is -3.94. The molecule has 9 nitrogen and oxygen atoms in total. The molecule has 5 aromatic rings. The molecule has 0 saturated heterocycles. The maximum absolute atomic E-state index is 14.1. The van der Waals surface area contributed by atoms with Crippen LogP contribution >= 0.6 is 15.9 Å². The van der Waals surface area contributed by atoms with Crippen molar-refractivity contribution >= 4 is 27.3 Å². The molecule has 0 bridgehead atoms. The van der Waals surface area contributed by atoms with Gasteiger partial charge in [0.15, 0.2) is 5.82 Å². The molecule has 0 spiro atoms. The highest BCUT2D eigenvalue weighted by atomic mass is 79.9. The lowest BCUT2D eigenvalue weighted by atomic mass is 10.1. The molecular formula is C20H12BrF4N9. The van der Waals surface area contributed by atoms with Crippen LogP contribution < -0.4 is 5.73 Å². The van der Waals surface area contributed by atoms with Gasteiger partial charge in [-0.1, -0.05) is 17.3 Å². The van der Waals surface area contributed by atoms with Crippen molar-refractivity contribution in [1.82, 2.24) is 39.6 Å². The zero-order valence-electron chi connectivity index (χ0n) is 16.9. The maximum atomic E-state index is 14.1. The molecule has 14 heteroatoms. The second kappa shape index (κ2) is 8.13. The Morgan fingerprint density at radius 2 is 1.79 bits per heavy atom. The van der Waals surface area contributed by atoms with E-state index in [1.165, 1.54) is 21.6 Å². The summed E-state index contributed by atoms with van der Waals surface area (Å²) in [4.78, 5) is 10.9. The monoisotopic (exact) mass is 533 g/mol. The van der Waals surface area contributed by atoms with Gasteiger partial charge in [-0.3, -0.25) is 0 Å². The summed E-state index contributed by atoms with van der Waals surface area (Å²) < 4.78 is 56.1. The average molecular weight is 534 g/mol. The zero-order valence-corrected chi connectivity index (χ0v) is 18.5. The van der Waals surface area contributed by atoms with Crippen LogP contribution in [0.15, 0.2) is 53.7 Å². The highest BCUT2D eigenvalue weighted by Crippen LogP contribution is 2.39. The van der Waals surface area contributed by atoms with Gasteiger partial charge in [0.2, 0.25) is 5.82 Å². The predicted molar refractivity (Wildman–Crippen MR) is 115 cm³/mol. The topological polar surface area (TPSA) is 113 Å². The van der Waals surface area contributed by atoms with Crippen molar-refractivity contribution < 1.29 is 17.6 Å². The number of fused-ring (bicyclic) bond motifs is 1. The Balaban J connectivity index is 1.59. The third-order valence-electron chi connectivity index (χ3n) is 4.97. The van der Waals surface area contributed by atoms with E-state index >= 15 is 0 Å². The average Bonchev–Trinajstić information content (AvgIpc) is 3.38. The van der Waals surface area contributed by atoms with Crippen molar-refractivity contribution in [3.8, 4) is 16.8 Å². The first kappa shape index (κ1) is 21.9. The fourth-order valence-electron chi connectivity index (χ4n) is 3.47. The zero-order chi connectivity index (χ0) is 24.0. The summed E-state index contributed by atoms with van der Waals surface area (Å²) in [5.41, 5.74) is 8.41. The molecule has 0 radical (unpaired) electrons. The molecule has 0 aliphatic heterocycles. The fourth-order valence-corrected chi connectivity index (χ4v) is 4.20. The Morgan fingerprint density at radius 1 is 1.06 bits per heavy atom. The van der Waals surface area contributed by atoms with Gasteiger partial charge < -0.3 is 5.73 Å². The van der Waals surface area contributed by atoms with Gasteiger partial charge in [0.1, 0.15) is 23.3 Å². The molecule has 34 heavy (non-hydrogen) atoms. The van der Waals surface area contributed by atoms with E-state index in [-0.39, 0.29) is 23.5 Å². The van der Waals surface area contributed by atoms with E-state index in [1.54, 1.807) is 24.4 Å². The van der Waals surface area contributed by atoms with E-state index in [0.29, 0.717) is 26.9 Å². The van der Waals surface area contributed by atoms with Crippen LogP contribution in [0.2, 0.25) is 0 Å². The van der Waals surface area contributed by atoms with Crippen molar-refractivity contribution in [2.24, 2.45) is 0 Å². The van der Waals surface area contributed by atoms with E-state index in [2.05, 4.69) is 46.3 Å². The lowest BCUT2D eigenvalue weighted by Gasteiger charge is -2.06. The standard InChI is InChI=1S/C20H12BrF4N9/c21-16-14(5-11-8-33(32-31-11)13-4-2-1-3-12(13)22)34-17(18(26)29-9-30-34)15(16)10-6-27-19(28-7-10)20(23,24)25/h1-4,6-9H,5H2,(H2,26,29,30). The normalized spacial score (nSPS) is 11.9. The molecule has 0 saturated carbocycles. The Kier molecular flexibility index (Phi) is 5.23. The third kappa shape index (κ3) is 3.75. The van der Waals surface area contributed by atoms with Gasteiger partial charge in [-0.25, -0.2) is 28.5 Å². The molecule has 0 aliphatic rings. The largest absolute Gasteiger partial charge is 0.451 e. The highest BCUT2D eigenvalue weighted by Gasteiger charge is 2.34. The summed E-state index contributed by atoms with van der Waals surface area (Å²) in [6.45, 7) is 0. The van der Waals surface area contributed by atoms with E-state index < -0.39 is 17.8 Å². The van der Waals surface area contributed by atoms with Crippen LogP contribution in [-0.4, -0.2) is 39.6 Å². The summed E-state index contributed by atoms with van der Waals surface area (Å²) in [5, 5.41) is 12.3. The minimum atomic E-state index is -4.67. The number of aromatic nitrogens is 8. The summed E-state index contributed by atoms with van der Waals surface area (Å²) in [5.74, 6) is -1.62. The molecule has 0 aliphatic carbocycles. The van der Waals surface area contributed by atoms with Crippen LogP contribution in [0.3, 0.4) is 0 Å². The SMILES string of the molecule is Nc1ncnn2c(Cc3cn(-c4ccccc4F)nn3)c(Br)c(-c3cnc(C(F)(F)F)nc3)c12. The number of hydrogen-bond acceptors (Lipinski definition) is 7. The van der Waals surface area contributed by atoms with Gasteiger partial charge in [0.25, 0.3) is 0 Å². The second-order valence-corrected chi connectivity index (χ2v) is 7.91. The highest BCUT2D eigenvalue weighted by molar-refractivity contribution is 9.10. The van der Waals surface area contributed by atoms with Crippen LogP contribution in [0.5, 0.6) is 0 Å². The van der Waals surface area contributed by atoms with Crippen molar-refractivity contribution in [2.45, 2.75) is 12.6 Å². The fraction of sp³-hybridized carbons (Fsp3) is 0.100. The van der Waals surface area contributed by atoms with Crippen molar-refractivity contribution in [3.63, 3.8) is 0 Å². The quantitative estimate of drug-likeness (QED) is 0.349. The number of para-hydroxylation sites is 1. The Labute approximate surface area is 196 Å². The second-order valence-electron chi connectivity index (χ2n) is 7.12. The predicted octanol–water partition coefficient (Wildman–Crippen LogP) is 3.86. The van der Waals surface area contributed by atoms with E-state index in [4.69, 9.17) is 5.73 Å². The molecular weight excluding hydrogens is 522 g/mol. The maximum Gasteiger partial charge on any atom is 0.451 e. The van der Waals surface area contributed by atoms with Gasteiger partial charge in [0.05, 0.1) is 17.6 Å². The number of anilines is 1. The third-order valence-corrected chi connectivity index (χ3v) is 5.82. The number of rotatable bonds is 4. The lowest BCUT2D eigenvalue weighted by Crippen LogP contribution is -2.10. The molecule has 0 atom stereocenters. The molecule has 0 unspecified atom stereocenters. The molecule has 0 fully saturated rings. The molecule has 1 aromatic carbocycles. The molecule has 4 heterocycles. The molecule has 172 valence electrons. The summed E-state index contributed by atoms with van der Waals surface area (Å²) in [6.07, 6.45) is 0.447. The minimum absolute atomic E-state index is 0.104. The number of nitrogen functional groups attached to an aromatic ring is 1. The smallest absolute Gasteiger partial charge is 0.382 e. The molecule has 4 aromatic heterocycles. The first-order valence-electron chi connectivity index (χ1n) is 9.59. The Bertz CT molecular complexity index is 1510.